The van der Waals surface area contributed by atoms with E-state index < -0.39 is 0 Å². The Labute approximate surface area is 120 Å². The Hall–Kier alpha value is -1.11. The van der Waals surface area contributed by atoms with Crippen LogP contribution in [0.1, 0.15) is 19.8 Å². The van der Waals surface area contributed by atoms with E-state index in [1.165, 1.54) is 6.92 Å². The Morgan fingerprint density at radius 1 is 1.33 bits per heavy atom. The third kappa shape index (κ3) is 3.01. The van der Waals surface area contributed by atoms with Crippen molar-refractivity contribution in [2.24, 2.45) is 0 Å². The monoisotopic (exact) mass is 358 g/mol. The molecule has 0 radical (unpaired) electrons. The van der Waals surface area contributed by atoms with Gasteiger partial charge in [-0.1, -0.05) is 0 Å². The minimum atomic E-state index is -0.318. The Bertz CT molecular complexity index is 459. The fourth-order valence-corrected chi connectivity index (χ4v) is 2.53. The predicted octanol–water partition coefficient (Wildman–Crippen LogP) is 2.24. The van der Waals surface area contributed by atoms with Crippen LogP contribution in [0.25, 0.3) is 0 Å². The minimum absolute atomic E-state index is 0.0322. The summed E-state index contributed by atoms with van der Waals surface area (Å²) in [5.41, 5.74) is 0.774. The highest BCUT2D eigenvalue weighted by atomic mass is 127. The lowest BCUT2D eigenvalue weighted by atomic mass is 10.2. The number of nitrogens with zero attached hydrogens (tertiary/aromatic N) is 1. The van der Waals surface area contributed by atoms with Crippen LogP contribution in [0.15, 0.2) is 24.3 Å². The van der Waals surface area contributed by atoms with Gasteiger partial charge < -0.3 is 10.2 Å². The third-order valence-electron chi connectivity index (χ3n) is 3.07. The first-order valence-corrected chi connectivity index (χ1v) is 6.99. The first-order chi connectivity index (χ1) is 8.58. The fraction of sp³-hybridized carbons (Fsp3) is 0.385. The molecule has 18 heavy (non-hydrogen) atoms. The maximum Gasteiger partial charge on any atom is 0.247 e. The molecule has 0 saturated carbocycles. The van der Waals surface area contributed by atoms with Crippen molar-refractivity contribution in [1.29, 1.82) is 0 Å². The van der Waals surface area contributed by atoms with Crippen molar-refractivity contribution in [3.8, 4) is 0 Å². The van der Waals surface area contributed by atoms with Crippen molar-refractivity contribution in [3.63, 3.8) is 0 Å². The molecule has 2 rings (SSSR count). The van der Waals surface area contributed by atoms with Gasteiger partial charge in [0.05, 0.1) is 0 Å². The van der Waals surface area contributed by atoms with Crippen molar-refractivity contribution in [2.45, 2.75) is 25.8 Å². The van der Waals surface area contributed by atoms with E-state index in [9.17, 15) is 9.59 Å². The second-order valence-electron chi connectivity index (χ2n) is 4.37. The zero-order valence-corrected chi connectivity index (χ0v) is 12.3. The summed E-state index contributed by atoms with van der Waals surface area (Å²) in [4.78, 5) is 25.2. The van der Waals surface area contributed by atoms with Crippen molar-refractivity contribution in [2.75, 3.05) is 11.9 Å². The second kappa shape index (κ2) is 5.69. The molecule has 96 valence electrons. The molecule has 4 nitrogen and oxygen atoms in total. The number of halogens is 1. The highest BCUT2D eigenvalue weighted by molar-refractivity contribution is 14.1. The van der Waals surface area contributed by atoms with E-state index in [1.54, 1.807) is 4.90 Å². The Morgan fingerprint density at radius 3 is 2.61 bits per heavy atom. The molecule has 1 aromatic rings. The van der Waals surface area contributed by atoms with Crippen LogP contribution in [0.4, 0.5) is 5.69 Å². The number of hydrogen-bond acceptors (Lipinski definition) is 2. The molecule has 1 aromatic carbocycles. The molecule has 0 spiro atoms. The third-order valence-corrected chi connectivity index (χ3v) is 3.79. The molecular formula is C13H15IN2O2. The van der Waals surface area contributed by atoms with E-state index in [2.05, 4.69) is 27.9 Å². The van der Waals surface area contributed by atoms with E-state index in [4.69, 9.17) is 0 Å². The highest BCUT2D eigenvalue weighted by Gasteiger charge is 2.32. The molecule has 0 bridgehead atoms. The standard InChI is InChI=1S/C13H15IN2O2/c1-9(17)16-8-2-3-12(16)13(18)15-11-6-4-10(14)5-7-11/h4-7,12H,2-3,8H2,1H3,(H,15,18)/t12-/m0/s1. The number of rotatable bonds is 2. The molecule has 1 heterocycles. The van der Waals surface area contributed by atoms with Gasteiger partial charge in [-0.15, -0.1) is 0 Å². The quantitative estimate of drug-likeness (QED) is 0.825. The molecule has 2 amide bonds. The zero-order chi connectivity index (χ0) is 13.1. The molecule has 0 aromatic heterocycles. The van der Waals surface area contributed by atoms with Crippen molar-refractivity contribution < 1.29 is 9.59 Å². The van der Waals surface area contributed by atoms with Gasteiger partial charge >= 0.3 is 0 Å². The molecule has 1 saturated heterocycles. The summed E-state index contributed by atoms with van der Waals surface area (Å²) in [5, 5.41) is 2.86. The number of benzene rings is 1. The number of likely N-dealkylation sites (tertiary alicyclic amines) is 1. The van der Waals surface area contributed by atoms with Crippen LogP contribution < -0.4 is 5.32 Å². The summed E-state index contributed by atoms with van der Waals surface area (Å²) in [6.07, 6.45) is 1.64. The van der Waals surface area contributed by atoms with E-state index in [1.807, 2.05) is 24.3 Å². The number of anilines is 1. The SMILES string of the molecule is CC(=O)N1CCC[C@H]1C(=O)Nc1ccc(I)cc1. The molecule has 5 heteroatoms. The van der Waals surface area contributed by atoms with Gasteiger partial charge in [-0.2, -0.15) is 0 Å². The van der Waals surface area contributed by atoms with Gasteiger partial charge in [-0.3, -0.25) is 9.59 Å². The van der Waals surface area contributed by atoms with E-state index in [0.717, 1.165) is 22.1 Å². The van der Waals surface area contributed by atoms with Crippen LogP contribution in [-0.2, 0) is 9.59 Å². The number of carbonyl (C=O) groups is 2. The number of carbonyl (C=O) groups excluding carboxylic acids is 2. The van der Waals surface area contributed by atoms with Crippen LogP contribution >= 0.6 is 22.6 Å². The second-order valence-corrected chi connectivity index (χ2v) is 5.61. The lowest BCUT2D eigenvalue weighted by molar-refractivity contribution is -0.134. The van der Waals surface area contributed by atoms with E-state index in [0.29, 0.717) is 6.54 Å². The summed E-state index contributed by atoms with van der Waals surface area (Å²) in [7, 11) is 0. The smallest absolute Gasteiger partial charge is 0.247 e. The van der Waals surface area contributed by atoms with Crippen LogP contribution in [0.5, 0.6) is 0 Å². The Balaban J connectivity index is 2.03. The van der Waals surface area contributed by atoms with Crippen LogP contribution in [0.3, 0.4) is 0 Å². The lowest BCUT2D eigenvalue weighted by Gasteiger charge is -2.22. The van der Waals surface area contributed by atoms with Gasteiger partial charge in [-0.25, -0.2) is 0 Å². The Kier molecular flexibility index (Phi) is 4.21. The maximum atomic E-state index is 12.1. The van der Waals surface area contributed by atoms with Crippen LogP contribution in [0.2, 0.25) is 0 Å². The highest BCUT2D eigenvalue weighted by Crippen LogP contribution is 2.19. The average molecular weight is 358 g/mol. The van der Waals surface area contributed by atoms with Crippen molar-refractivity contribution in [3.05, 3.63) is 27.8 Å². The van der Waals surface area contributed by atoms with E-state index >= 15 is 0 Å². The van der Waals surface area contributed by atoms with Gasteiger partial charge in [0.1, 0.15) is 6.04 Å². The summed E-state index contributed by atoms with van der Waals surface area (Å²) >= 11 is 2.21. The Morgan fingerprint density at radius 2 is 2.00 bits per heavy atom. The normalized spacial score (nSPS) is 18.8. The zero-order valence-electron chi connectivity index (χ0n) is 10.1. The first-order valence-electron chi connectivity index (χ1n) is 5.91. The summed E-state index contributed by atoms with van der Waals surface area (Å²) in [5.74, 6) is -0.126. The number of nitrogens with one attached hydrogen (secondary N) is 1. The number of amides is 2. The average Bonchev–Trinajstić information content (AvgIpc) is 2.81. The summed E-state index contributed by atoms with van der Waals surface area (Å²) in [6, 6.07) is 7.29. The molecule has 0 aliphatic carbocycles. The summed E-state index contributed by atoms with van der Waals surface area (Å²) < 4.78 is 1.12. The largest absolute Gasteiger partial charge is 0.331 e. The summed E-state index contributed by atoms with van der Waals surface area (Å²) in [6.45, 7) is 2.19. The van der Waals surface area contributed by atoms with Crippen LogP contribution in [-0.4, -0.2) is 29.3 Å². The van der Waals surface area contributed by atoms with Crippen molar-refractivity contribution in [1.82, 2.24) is 4.90 Å². The minimum Gasteiger partial charge on any atom is -0.331 e. The first kappa shape index (κ1) is 13.3. The van der Waals surface area contributed by atoms with Gasteiger partial charge in [0, 0.05) is 22.7 Å². The molecular weight excluding hydrogens is 343 g/mol. The molecule has 0 unspecified atom stereocenters. The van der Waals surface area contributed by atoms with Crippen LogP contribution in [0, 0.1) is 3.57 Å². The van der Waals surface area contributed by atoms with Gasteiger partial charge in [-0.05, 0) is 59.7 Å². The molecule has 1 aliphatic heterocycles. The molecule has 1 N–H and O–H groups in total. The number of hydrogen-bond donors (Lipinski definition) is 1. The van der Waals surface area contributed by atoms with Crippen molar-refractivity contribution >= 4 is 40.1 Å². The molecule has 1 aliphatic rings. The van der Waals surface area contributed by atoms with Gasteiger partial charge in [0.25, 0.3) is 0 Å². The molecule has 1 fully saturated rings. The van der Waals surface area contributed by atoms with E-state index in [-0.39, 0.29) is 17.9 Å². The topological polar surface area (TPSA) is 49.4 Å². The van der Waals surface area contributed by atoms with Gasteiger partial charge in [0.2, 0.25) is 11.8 Å². The lowest BCUT2D eigenvalue weighted by Crippen LogP contribution is -2.42. The maximum absolute atomic E-state index is 12.1. The fourth-order valence-electron chi connectivity index (χ4n) is 2.17. The molecule has 1 atom stereocenters. The van der Waals surface area contributed by atoms with Gasteiger partial charge in [0.15, 0.2) is 0 Å². The predicted molar refractivity (Wildman–Crippen MR) is 78.2 cm³/mol.